The Morgan fingerprint density at radius 3 is 2.31 bits per heavy atom. The number of amides is 1. The molecule has 0 saturated heterocycles. The Bertz CT molecular complexity index is 670. The molecule has 0 radical (unpaired) electrons. The maximum absolute atomic E-state index is 12.7. The summed E-state index contributed by atoms with van der Waals surface area (Å²) in [5.74, 6) is 0.663. The van der Waals surface area contributed by atoms with Crippen molar-refractivity contribution in [3.05, 3.63) is 60.2 Å². The van der Waals surface area contributed by atoms with Gasteiger partial charge in [0.15, 0.2) is 0 Å². The van der Waals surface area contributed by atoms with Gasteiger partial charge >= 0.3 is 0 Å². The summed E-state index contributed by atoms with van der Waals surface area (Å²) in [6, 6.07) is 17.5. The van der Waals surface area contributed by atoms with E-state index in [2.05, 4.69) is 12.2 Å². The molecule has 0 fully saturated rings. The van der Waals surface area contributed by atoms with Crippen molar-refractivity contribution in [3.63, 3.8) is 0 Å². The SMILES string of the molecule is CCCOC(C)(CCC)C(=O)Nc1ccc(OCc2ccccc2)cc1. The van der Waals surface area contributed by atoms with Crippen LogP contribution in [0.1, 0.15) is 45.6 Å². The molecule has 1 unspecified atom stereocenters. The molecule has 2 rings (SSSR count). The topological polar surface area (TPSA) is 47.6 Å². The van der Waals surface area contributed by atoms with Crippen LogP contribution in [0.4, 0.5) is 5.69 Å². The molecule has 1 atom stereocenters. The van der Waals surface area contributed by atoms with Crippen LogP contribution in [0.25, 0.3) is 0 Å². The smallest absolute Gasteiger partial charge is 0.256 e. The third-order valence-electron chi connectivity index (χ3n) is 4.19. The van der Waals surface area contributed by atoms with Crippen LogP contribution in [0.5, 0.6) is 5.75 Å². The summed E-state index contributed by atoms with van der Waals surface area (Å²) in [4.78, 5) is 12.7. The van der Waals surface area contributed by atoms with Crippen LogP contribution in [-0.4, -0.2) is 18.1 Å². The van der Waals surface area contributed by atoms with Crippen molar-refractivity contribution in [2.24, 2.45) is 0 Å². The van der Waals surface area contributed by atoms with Crippen LogP contribution in [0.2, 0.25) is 0 Å². The number of carbonyl (C=O) groups is 1. The lowest BCUT2D eigenvalue weighted by Crippen LogP contribution is -2.43. The first-order valence-electron chi connectivity index (χ1n) is 9.29. The largest absolute Gasteiger partial charge is 0.489 e. The van der Waals surface area contributed by atoms with E-state index in [1.807, 2.05) is 68.4 Å². The van der Waals surface area contributed by atoms with Gasteiger partial charge in [0.1, 0.15) is 18.0 Å². The maximum atomic E-state index is 12.7. The predicted octanol–water partition coefficient (Wildman–Crippen LogP) is 5.19. The average Bonchev–Trinajstić information content (AvgIpc) is 2.67. The zero-order valence-electron chi connectivity index (χ0n) is 16.0. The van der Waals surface area contributed by atoms with Crippen LogP contribution < -0.4 is 10.1 Å². The van der Waals surface area contributed by atoms with Gasteiger partial charge in [-0.3, -0.25) is 4.79 Å². The highest BCUT2D eigenvalue weighted by Gasteiger charge is 2.33. The minimum atomic E-state index is -0.798. The minimum absolute atomic E-state index is 0.106. The lowest BCUT2D eigenvalue weighted by Gasteiger charge is -2.28. The number of nitrogens with one attached hydrogen (secondary N) is 1. The van der Waals surface area contributed by atoms with Gasteiger partial charge in [-0.2, -0.15) is 0 Å². The number of anilines is 1. The van der Waals surface area contributed by atoms with Crippen molar-refractivity contribution < 1.29 is 14.3 Å². The van der Waals surface area contributed by atoms with Gasteiger partial charge in [-0.15, -0.1) is 0 Å². The molecule has 1 amide bonds. The van der Waals surface area contributed by atoms with Gasteiger partial charge in [-0.1, -0.05) is 50.6 Å². The number of benzene rings is 2. The molecule has 0 aliphatic heterocycles. The monoisotopic (exact) mass is 355 g/mol. The molecule has 4 heteroatoms. The van der Waals surface area contributed by atoms with Gasteiger partial charge in [0, 0.05) is 12.3 Å². The van der Waals surface area contributed by atoms with Crippen molar-refractivity contribution in [3.8, 4) is 5.75 Å². The highest BCUT2D eigenvalue weighted by atomic mass is 16.5. The van der Waals surface area contributed by atoms with Crippen LogP contribution >= 0.6 is 0 Å². The summed E-state index contributed by atoms with van der Waals surface area (Å²) in [5, 5.41) is 2.96. The Balaban J connectivity index is 1.93. The summed E-state index contributed by atoms with van der Waals surface area (Å²) in [7, 11) is 0. The molecule has 1 N–H and O–H groups in total. The summed E-state index contributed by atoms with van der Waals surface area (Å²) in [5.41, 5.74) is 1.06. The van der Waals surface area contributed by atoms with Crippen LogP contribution in [0, 0.1) is 0 Å². The van der Waals surface area contributed by atoms with E-state index >= 15 is 0 Å². The Hall–Kier alpha value is -2.33. The highest BCUT2D eigenvalue weighted by Crippen LogP contribution is 2.22. The molecule has 2 aromatic carbocycles. The number of rotatable bonds is 10. The van der Waals surface area contributed by atoms with Crippen LogP contribution in [-0.2, 0) is 16.1 Å². The van der Waals surface area contributed by atoms with Crippen molar-refractivity contribution in [2.75, 3.05) is 11.9 Å². The predicted molar refractivity (Wildman–Crippen MR) is 105 cm³/mol. The fourth-order valence-electron chi connectivity index (χ4n) is 2.69. The Morgan fingerprint density at radius 2 is 1.69 bits per heavy atom. The lowest BCUT2D eigenvalue weighted by molar-refractivity contribution is -0.140. The quantitative estimate of drug-likeness (QED) is 0.638. The van der Waals surface area contributed by atoms with E-state index in [0.29, 0.717) is 19.6 Å². The van der Waals surface area contributed by atoms with Gasteiger partial charge in [-0.25, -0.2) is 0 Å². The van der Waals surface area contributed by atoms with E-state index in [0.717, 1.165) is 29.8 Å². The molecule has 0 spiro atoms. The summed E-state index contributed by atoms with van der Waals surface area (Å²) < 4.78 is 11.6. The van der Waals surface area contributed by atoms with E-state index in [1.165, 1.54) is 0 Å². The second kappa shape index (κ2) is 9.97. The Labute approximate surface area is 156 Å². The second-order valence-corrected chi connectivity index (χ2v) is 6.58. The number of hydrogen-bond acceptors (Lipinski definition) is 3. The highest BCUT2D eigenvalue weighted by molar-refractivity contribution is 5.97. The third kappa shape index (κ3) is 5.88. The normalized spacial score (nSPS) is 13.0. The van der Waals surface area contributed by atoms with E-state index in [-0.39, 0.29) is 5.91 Å². The van der Waals surface area contributed by atoms with Gasteiger partial charge in [0.2, 0.25) is 0 Å². The maximum Gasteiger partial charge on any atom is 0.256 e. The first-order chi connectivity index (χ1) is 12.6. The molecule has 0 saturated carbocycles. The molecular formula is C22H29NO3. The number of carbonyl (C=O) groups excluding carboxylic acids is 1. The molecule has 0 bridgehead atoms. The summed E-state index contributed by atoms with van der Waals surface area (Å²) in [6.07, 6.45) is 2.47. The van der Waals surface area contributed by atoms with Crippen molar-refractivity contribution in [2.45, 2.75) is 52.2 Å². The Kier molecular flexibility index (Phi) is 7.67. The molecule has 26 heavy (non-hydrogen) atoms. The van der Waals surface area contributed by atoms with Crippen molar-refractivity contribution >= 4 is 11.6 Å². The molecule has 2 aromatic rings. The van der Waals surface area contributed by atoms with E-state index in [9.17, 15) is 4.79 Å². The Morgan fingerprint density at radius 1 is 1.00 bits per heavy atom. The zero-order valence-corrected chi connectivity index (χ0v) is 16.0. The molecular weight excluding hydrogens is 326 g/mol. The molecule has 140 valence electrons. The summed E-state index contributed by atoms with van der Waals surface area (Å²) in [6.45, 7) is 7.05. The molecule has 0 aliphatic carbocycles. The van der Waals surface area contributed by atoms with E-state index in [1.54, 1.807) is 0 Å². The van der Waals surface area contributed by atoms with Crippen molar-refractivity contribution in [1.29, 1.82) is 0 Å². The second-order valence-electron chi connectivity index (χ2n) is 6.58. The molecule has 0 aromatic heterocycles. The molecule has 0 heterocycles. The van der Waals surface area contributed by atoms with Gasteiger partial charge < -0.3 is 14.8 Å². The standard InChI is InChI=1S/C22H29NO3/c1-4-15-22(3,26-16-5-2)21(24)23-19-11-13-20(14-12-19)25-17-18-9-7-6-8-10-18/h6-14H,4-5,15-17H2,1-3H3,(H,23,24). The van der Waals surface area contributed by atoms with Gasteiger partial charge in [0.25, 0.3) is 5.91 Å². The van der Waals surface area contributed by atoms with Crippen LogP contribution in [0.3, 0.4) is 0 Å². The third-order valence-corrected chi connectivity index (χ3v) is 4.19. The van der Waals surface area contributed by atoms with E-state index < -0.39 is 5.60 Å². The summed E-state index contributed by atoms with van der Waals surface area (Å²) >= 11 is 0. The van der Waals surface area contributed by atoms with E-state index in [4.69, 9.17) is 9.47 Å². The number of ether oxygens (including phenoxy) is 2. The first-order valence-corrected chi connectivity index (χ1v) is 9.29. The fraction of sp³-hybridized carbons (Fsp3) is 0.409. The molecule has 4 nitrogen and oxygen atoms in total. The lowest BCUT2D eigenvalue weighted by atomic mass is 9.99. The minimum Gasteiger partial charge on any atom is -0.489 e. The molecule has 0 aliphatic rings. The van der Waals surface area contributed by atoms with Gasteiger partial charge in [0.05, 0.1) is 0 Å². The van der Waals surface area contributed by atoms with Crippen LogP contribution in [0.15, 0.2) is 54.6 Å². The first kappa shape index (κ1) is 20.0. The zero-order chi connectivity index (χ0) is 18.8. The van der Waals surface area contributed by atoms with Gasteiger partial charge in [-0.05, 0) is 49.6 Å². The van der Waals surface area contributed by atoms with Crippen molar-refractivity contribution in [1.82, 2.24) is 0 Å². The average molecular weight is 355 g/mol. The number of hydrogen-bond donors (Lipinski definition) is 1. The fourth-order valence-corrected chi connectivity index (χ4v) is 2.69.